The minimum Gasteiger partial charge on any atom is -0.322 e. The number of carbonyl (C=O) groups excluding carboxylic acids is 2. The lowest BCUT2D eigenvalue weighted by Crippen LogP contribution is -2.18. The topological polar surface area (TPSA) is 71.1 Å². The molecule has 1 heterocycles. The molecule has 0 unspecified atom stereocenters. The number of hydrogen-bond donors (Lipinski definition) is 2. The third kappa shape index (κ3) is 4.03. The van der Waals surface area contributed by atoms with Crippen molar-refractivity contribution < 1.29 is 18.4 Å². The van der Waals surface area contributed by atoms with Crippen LogP contribution in [0.1, 0.15) is 32.0 Å². The largest absolute Gasteiger partial charge is 0.322 e. The van der Waals surface area contributed by atoms with Crippen molar-refractivity contribution in [1.29, 1.82) is 0 Å². The van der Waals surface area contributed by atoms with Gasteiger partial charge in [-0.15, -0.1) is 0 Å². The molecule has 5 nitrogen and oxygen atoms in total. The van der Waals surface area contributed by atoms with E-state index in [-0.39, 0.29) is 11.3 Å². The molecule has 3 rings (SSSR count). The van der Waals surface area contributed by atoms with Gasteiger partial charge in [0.2, 0.25) is 0 Å². The lowest BCUT2D eigenvalue weighted by Gasteiger charge is -2.12. The first-order valence-corrected chi connectivity index (χ1v) is 8.46. The van der Waals surface area contributed by atoms with Crippen LogP contribution in [0.4, 0.5) is 20.2 Å². The molecule has 0 aliphatic heterocycles. The molecule has 0 atom stereocenters. The molecule has 2 N–H and O–H groups in total. The number of halogens is 2. The fraction of sp³-hybridized carbons (Fsp3) is 0.0952. The van der Waals surface area contributed by atoms with E-state index in [0.717, 1.165) is 23.3 Å². The standard InChI is InChI=1S/C21H17F2N3O2/c1-12-5-3-6-13(2)18(12)25-20(27)14-9-10-24-17(11-14)21(28)26-19-15(22)7-4-8-16(19)23/h3-11H,1-2H3,(H,25,27)(H,26,28). The molecular formula is C21H17F2N3O2. The first-order valence-electron chi connectivity index (χ1n) is 8.46. The summed E-state index contributed by atoms with van der Waals surface area (Å²) in [5.74, 6) is -3.06. The molecule has 0 saturated carbocycles. The molecule has 2 aromatic carbocycles. The highest BCUT2D eigenvalue weighted by molar-refractivity contribution is 6.08. The Bertz CT molecular complexity index is 946. The van der Waals surface area contributed by atoms with Gasteiger partial charge in [0.15, 0.2) is 0 Å². The lowest BCUT2D eigenvalue weighted by atomic mass is 10.1. The molecule has 2 amide bonds. The van der Waals surface area contributed by atoms with Gasteiger partial charge in [0, 0.05) is 17.4 Å². The van der Waals surface area contributed by atoms with Crippen LogP contribution in [-0.2, 0) is 0 Å². The van der Waals surface area contributed by atoms with Crippen molar-refractivity contribution in [3.63, 3.8) is 0 Å². The molecule has 0 fully saturated rings. The predicted molar refractivity (Wildman–Crippen MR) is 102 cm³/mol. The van der Waals surface area contributed by atoms with Crippen molar-refractivity contribution in [2.75, 3.05) is 10.6 Å². The van der Waals surface area contributed by atoms with E-state index in [1.165, 1.54) is 24.4 Å². The van der Waals surface area contributed by atoms with Crippen molar-refractivity contribution in [3.05, 3.63) is 88.7 Å². The highest BCUT2D eigenvalue weighted by atomic mass is 19.1. The maximum absolute atomic E-state index is 13.7. The molecule has 0 aliphatic rings. The van der Waals surface area contributed by atoms with Crippen LogP contribution < -0.4 is 10.6 Å². The monoisotopic (exact) mass is 381 g/mol. The average molecular weight is 381 g/mol. The molecular weight excluding hydrogens is 364 g/mol. The number of carbonyl (C=O) groups is 2. The number of benzene rings is 2. The predicted octanol–water partition coefficient (Wildman–Crippen LogP) is 4.48. The first kappa shape index (κ1) is 19.2. The van der Waals surface area contributed by atoms with E-state index in [4.69, 9.17) is 0 Å². The van der Waals surface area contributed by atoms with Gasteiger partial charge in [-0.3, -0.25) is 14.6 Å². The fourth-order valence-electron chi connectivity index (χ4n) is 2.69. The van der Waals surface area contributed by atoms with Crippen molar-refractivity contribution >= 4 is 23.2 Å². The second-order valence-electron chi connectivity index (χ2n) is 6.20. The number of pyridine rings is 1. The second-order valence-corrected chi connectivity index (χ2v) is 6.20. The van der Waals surface area contributed by atoms with Crippen LogP contribution in [0.15, 0.2) is 54.7 Å². The Hall–Kier alpha value is -3.61. The summed E-state index contributed by atoms with van der Waals surface area (Å²) in [6.07, 6.45) is 1.28. The van der Waals surface area contributed by atoms with Gasteiger partial charge in [0.25, 0.3) is 11.8 Å². The maximum atomic E-state index is 13.7. The van der Waals surface area contributed by atoms with Crippen LogP contribution >= 0.6 is 0 Å². The fourth-order valence-corrected chi connectivity index (χ4v) is 2.69. The van der Waals surface area contributed by atoms with E-state index in [1.807, 2.05) is 32.0 Å². The summed E-state index contributed by atoms with van der Waals surface area (Å²) in [4.78, 5) is 28.8. The van der Waals surface area contributed by atoms with E-state index in [1.54, 1.807) is 0 Å². The molecule has 142 valence electrons. The molecule has 0 radical (unpaired) electrons. The molecule has 0 spiro atoms. The van der Waals surface area contributed by atoms with E-state index in [0.29, 0.717) is 5.69 Å². The summed E-state index contributed by atoms with van der Waals surface area (Å²) < 4.78 is 27.4. The zero-order chi connectivity index (χ0) is 20.3. The Labute approximate surface area is 160 Å². The number of hydrogen-bond acceptors (Lipinski definition) is 3. The number of nitrogens with zero attached hydrogens (tertiary/aromatic N) is 1. The van der Waals surface area contributed by atoms with Gasteiger partial charge >= 0.3 is 0 Å². The van der Waals surface area contributed by atoms with E-state index >= 15 is 0 Å². The number of aryl methyl sites for hydroxylation is 2. The average Bonchev–Trinajstić information content (AvgIpc) is 2.67. The van der Waals surface area contributed by atoms with Crippen LogP contribution in [-0.4, -0.2) is 16.8 Å². The third-order valence-electron chi connectivity index (χ3n) is 4.18. The van der Waals surface area contributed by atoms with Crippen LogP contribution in [0, 0.1) is 25.5 Å². The van der Waals surface area contributed by atoms with Gasteiger partial charge < -0.3 is 10.6 Å². The quantitative estimate of drug-likeness (QED) is 0.700. The van der Waals surface area contributed by atoms with Gasteiger partial charge in [-0.2, -0.15) is 0 Å². The molecule has 3 aromatic rings. The zero-order valence-electron chi connectivity index (χ0n) is 15.2. The summed E-state index contributed by atoms with van der Waals surface area (Å²) in [5.41, 5.74) is 1.96. The normalized spacial score (nSPS) is 10.4. The molecule has 1 aromatic heterocycles. The Morgan fingerprint density at radius 2 is 1.39 bits per heavy atom. The number of rotatable bonds is 4. The first-order chi connectivity index (χ1) is 13.4. The van der Waals surface area contributed by atoms with Gasteiger partial charge in [-0.1, -0.05) is 24.3 Å². The number of amides is 2. The summed E-state index contributed by atoms with van der Waals surface area (Å²) in [6, 6.07) is 11.6. The van der Waals surface area contributed by atoms with Gasteiger partial charge in [0.1, 0.15) is 23.0 Å². The smallest absolute Gasteiger partial charge is 0.274 e. The Balaban J connectivity index is 1.82. The summed E-state index contributed by atoms with van der Waals surface area (Å²) >= 11 is 0. The van der Waals surface area contributed by atoms with Crippen LogP contribution in [0.3, 0.4) is 0 Å². The second kappa shape index (κ2) is 7.96. The molecule has 0 bridgehead atoms. The third-order valence-corrected chi connectivity index (χ3v) is 4.18. The van der Waals surface area contributed by atoms with Gasteiger partial charge in [0.05, 0.1) is 0 Å². The Morgan fingerprint density at radius 1 is 0.821 bits per heavy atom. The van der Waals surface area contributed by atoms with Gasteiger partial charge in [-0.25, -0.2) is 8.78 Å². The highest BCUT2D eigenvalue weighted by Crippen LogP contribution is 2.21. The zero-order valence-corrected chi connectivity index (χ0v) is 15.2. The summed E-state index contributed by atoms with van der Waals surface area (Å²) in [6.45, 7) is 3.74. The minimum absolute atomic E-state index is 0.142. The number of nitrogens with one attached hydrogen (secondary N) is 2. The Kier molecular flexibility index (Phi) is 5.44. The van der Waals surface area contributed by atoms with Crippen LogP contribution in [0.5, 0.6) is 0 Å². The van der Waals surface area contributed by atoms with E-state index in [9.17, 15) is 18.4 Å². The summed E-state index contributed by atoms with van der Waals surface area (Å²) in [5, 5.41) is 4.96. The lowest BCUT2D eigenvalue weighted by molar-refractivity contribution is 0.102. The van der Waals surface area contributed by atoms with Crippen molar-refractivity contribution in [2.45, 2.75) is 13.8 Å². The van der Waals surface area contributed by atoms with Gasteiger partial charge in [-0.05, 0) is 49.2 Å². The maximum Gasteiger partial charge on any atom is 0.274 e. The number of para-hydroxylation sites is 2. The van der Waals surface area contributed by atoms with E-state index in [2.05, 4.69) is 15.6 Å². The van der Waals surface area contributed by atoms with Crippen LogP contribution in [0.25, 0.3) is 0 Å². The van der Waals surface area contributed by atoms with Crippen LogP contribution in [0.2, 0.25) is 0 Å². The molecule has 0 saturated heterocycles. The van der Waals surface area contributed by atoms with Crippen molar-refractivity contribution in [3.8, 4) is 0 Å². The number of anilines is 2. The van der Waals surface area contributed by atoms with E-state index < -0.39 is 29.1 Å². The molecule has 7 heteroatoms. The SMILES string of the molecule is Cc1cccc(C)c1NC(=O)c1ccnc(C(=O)Nc2c(F)cccc2F)c1. The number of aromatic nitrogens is 1. The van der Waals surface area contributed by atoms with Crippen molar-refractivity contribution in [2.24, 2.45) is 0 Å². The Morgan fingerprint density at radius 3 is 2.04 bits per heavy atom. The highest BCUT2D eigenvalue weighted by Gasteiger charge is 2.17. The molecule has 0 aliphatic carbocycles. The minimum atomic E-state index is -0.905. The van der Waals surface area contributed by atoms with Crippen molar-refractivity contribution in [1.82, 2.24) is 4.98 Å². The summed E-state index contributed by atoms with van der Waals surface area (Å²) in [7, 11) is 0. The molecule has 28 heavy (non-hydrogen) atoms.